The number of thioether (sulfide) groups is 1. The molecule has 10 heteroatoms. The van der Waals surface area contributed by atoms with Crippen LogP contribution in [0.1, 0.15) is 0 Å². The van der Waals surface area contributed by atoms with Gasteiger partial charge in [-0.25, -0.2) is 12.7 Å². The Morgan fingerprint density at radius 3 is 2.63 bits per heavy atom. The number of para-hydroxylation sites is 1. The lowest BCUT2D eigenvalue weighted by Crippen LogP contribution is -2.29. The second-order valence-corrected chi connectivity index (χ2v) is 8.78. The summed E-state index contributed by atoms with van der Waals surface area (Å²) in [6.07, 6.45) is 1.15. The standard InChI is InChI=1S/C17H18N4O4S2/c1-20(2)27(24,25)13-7-8-17(23)21(11-13)12-16(22)19-14-5-3-4-6-15(14)26-10-9-18/h3-8,11H,10,12H2,1-2H3,(H,19,22). The van der Waals surface area contributed by atoms with Gasteiger partial charge in [0.15, 0.2) is 0 Å². The highest BCUT2D eigenvalue weighted by Gasteiger charge is 2.19. The van der Waals surface area contributed by atoms with Crippen LogP contribution in [0.5, 0.6) is 0 Å². The number of rotatable bonds is 7. The van der Waals surface area contributed by atoms with E-state index in [1.54, 1.807) is 24.3 Å². The number of carbonyl (C=O) groups is 1. The molecule has 0 saturated carbocycles. The number of sulfonamides is 1. The Morgan fingerprint density at radius 1 is 1.26 bits per heavy atom. The minimum Gasteiger partial charge on any atom is -0.324 e. The number of amides is 1. The summed E-state index contributed by atoms with van der Waals surface area (Å²) in [5, 5.41) is 11.4. The van der Waals surface area contributed by atoms with Crippen LogP contribution < -0.4 is 10.9 Å². The van der Waals surface area contributed by atoms with Crippen molar-refractivity contribution in [2.45, 2.75) is 16.3 Å². The zero-order valence-electron chi connectivity index (χ0n) is 14.7. The molecule has 0 atom stereocenters. The maximum absolute atomic E-state index is 12.3. The largest absolute Gasteiger partial charge is 0.324 e. The number of benzene rings is 1. The first-order valence-electron chi connectivity index (χ1n) is 7.77. The molecule has 1 aromatic carbocycles. The van der Waals surface area contributed by atoms with E-state index < -0.39 is 21.5 Å². The van der Waals surface area contributed by atoms with Crippen molar-refractivity contribution in [2.75, 3.05) is 25.2 Å². The van der Waals surface area contributed by atoms with Crippen LogP contribution >= 0.6 is 11.8 Å². The first kappa shape index (κ1) is 20.7. The van der Waals surface area contributed by atoms with E-state index in [-0.39, 0.29) is 17.2 Å². The SMILES string of the molecule is CN(C)S(=O)(=O)c1ccc(=O)n(CC(=O)Nc2ccccc2SCC#N)c1. The van der Waals surface area contributed by atoms with Crippen molar-refractivity contribution < 1.29 is 13.2 Å². The normalized spacial score (nSPS) is 11.2. The molecule has 8 nitrogen and oxygen atoms in total. The Labute approximate surface area is 161 Å². The van der Waals surface area contributed by atoms with Crippen LogP contribution in [0.4, 0.5) is 5.69 Å². The lowest BCUT2D eigenvalue weighted by molar-refractivity contribution is -0.116. The predicted octanol–water partition coefficient (Wildman–Crippen LogP) is 1.35. The zero-order valence-corrected chi connectivity index (χ0v) is 16.4. The van der Waals surface area contributed by atoms with E-state index in [2.05, 4.69) is 5.32 Å². The maximum atomic E-state index is 12.3. The smallest absolute Gasteiger partial charge is 0.251 e. The molecular weight excluding hydrogens is 388 g/mol. The van der Waals surface area contributed by atoms with Gasteiger partial charge in [-0.3, -0.25) is 9.59 Å². The Hall–Kier alpha value is -2.61. The van der Waals surface area contributed by atoms with Gasteiger partial charge in [0, 0.05) is 31.3 Å². The quantitative estimate of drug-likeness (QED) is 0.695. The second-order valence-electron chi connectivity index (χ2n) is 5.61. The van der Waals surface area contributed by atoms with Crippen LogP contribution in [0.15, 0.2) is 57.2 Å². The fraction of sp³-hybridized carbons (Fsp3) is 0.235. The van der Waals surface area contributed by atoms with E-state index in [0.717, 1.165) is 26.0 Å². The van der Waals surface area contributed by atoms with E-state index in [1.165, 1.54) is 31.9 Å². The van der Waals surface area contributed by atoms with Crippen molar-refractivity contribution in [3.05, 3.63) is 52.9 Å². The van der Waals surface area contributed by atoms with Crippen molar-refractivity contribution in [3.63, 3.8) is 0 Å². The minimum absolute atomic E-state index is 0.0788. The summed E-state index contributed by atoms with van der Waals surface area (Å²) in [7, 11) is -0.955. The predicted molar refractivity (Wildman–Crippen MR) is 103 cm³/mol. The Kier molecular flexibility index (Phi) is 6.79. The summed E-state index contributed by atoms with van der Waals surface area (Å²) in [6.45, 7) is -0.340. The molecule has 2 rings (SSSR count). The third-order valence-electron chi connectivity index (χ3n) is 3.50. The summed E-state index contributed by atoms with van der Waals surface area (Å²) in [5.74, 6) is -0.252. The highest BCUT2D eigenvalue weighted by Crippen LogP contribution is 2.26. The molecule has 1 N–H and O–H groups in total. The molecule has 0 spiro atoms. The number of nitrogens with zero attached hydrogens (tertiary/aromatic N) is 3. The van der Waals surface area contributed by atoms with Crippen LogP contribution in [0, 0.1) is 11.3 Å². The number of hydrogen-bond donors (Lipinski definition) is 1. The number of carbonyl (C=O) groups excluding carboxylic acids is 1. The number of nitrogens with one attached hydrogen (secondary N) is 1. The molecule has 142 valence electrons. The molecular formula is C17H18N4O4S2. The van der Waals surface area contributed by atoms with Gasteiger partial charge < -0.3 is 9.88 Å². The number of anilines is 1. The highest BCUT2D eigenvalue weighted by molar-refractivity contribution is 7.99. The second kappa shape index (κ2) is 8.85. The van der Waals surface area contributed by atoms with Gasteiger partial charge in [0.1, 0.15) is 6.54 Å². The van der Waals surface area contributed by atoms with E-state index >= 15 is 0 Å². The number of aromatic nitrogens is 1. The average Bonchev–Trinajstić information content (AvgIpc) is 2.62. The number of pyridine rings is 1. The summed E-state index contributed by atoms with van der Waals surface area (Å²) < 4.78 is 26.5. The van der Waals surface area contributed by atoms with Gasteiger partial charge in [0.25, 0.3) is 5.56 Å². The van der Waals surface area contributed by atoms with Gasteiger partial charge in [-0.15, -0.1) is 11.8 Å². The van der Waals surface area contributed by atoms with Crippen LogP contribution in [0.2, 0.25) is 0 Å². The molecule has 0 aliphatic carbocycles. The van der Waals surface area contributed by atoms with E-state index in [1.807, 2.05) is 6.07 Å². The highest BCUT2D eigenvalue weighted by atomic mass is 32.2. The lowest BCUT2D eigenvalue weighted by Gasteiger charge is -2.14. The van der Waals surface area contributed by atoms with Crippen LogP contribution in [-0.2, 0) is 21.4 Å². The van der Waals surface area contributed by atoms with Crippen LogP contribution in [-0.4, -0.2) is 43.0 Å². The first-order chi connectivity index (χ1) is 12.8. The summed E-state index contributed by atoms with van der Waals surface area (Å²) in [6, 6.07) is 11.3. The van der Waals surface area contributed by atoms with Crippen molar-refractivity contribution >= 4 is 33.4 Å². The summed E-state index contributed by atoms with van der Waals surface area (Å²) in [5.41, 5.74) is 0.0304. The first-order valence-corrected chi connectivity index (χ1v) is 10.2. The molecule has 0 aliphatic rings. The van der Waals surface area contributed by atoms with Crippen molar-refractivity contribution in [3.8, 4) is 6.07 Å². The zero-order chi connectivity index (χ0) is 20.0. The summed E-state index contributed by atoms with van der Waals surface area (Å²) in [4.78, 5) is 25.0. The molecule has 2 aromatic rings. The maximum Gasteiger partial charge on any atom is 0.251 e. The van der Waals surface area contributed by atoms with Crippen molar-refractivity contribution in [2.24, 2.45) is 0 Å². The topological polar surface area (TPSA) is 112 Å². The number of nitriles is 1. The van der Waals surface area contributed by atoms with E-state index in [9.17, 15) is 18.0 Å². The van der Waals surface area contributed by atoms with Gasteiger partial charge >= 0.3 is 0 Å². The Balaban J connectivity index is 2.22. The van der Waals surface area contributed by atoms with Crippen molar-refractivity contribution in [1.29, 1.82) is 5.26 Å². The van der Waals surface area contributed by atoms with Gasteiger partial charge in [0.2, 0.25) is 15.9 Å². The molecule has 0 unspecified atom stereocenters. The fourth-order valence-electron chi connectivity index (χ4n) is 2.15. The molecule has 0 aliphatic heterocycles. The van der Waals surface area contributed by atoms with Gasteiger partial charge in [-0.1, -0.05) is 12.1 Å². The van der Waals surface area contributed by atoms with Crippen molar-refractivity contribution in [1.82, 2.24) is 8.87 Å². The van der Waals surface area contributed by atoms with Gasteiger partial charge in [0.05, 0.1) is 22.4 Å². The molecule has 0 saturated heterocycles. The molecule has 1 heterocycles. The number of hydrogen-bond acceptors (Lipinski definition) is 6. The molecule has 27 heavy (non-hydrogen) atoms. The molecule has 0 radical (unpaired) electrons. The Morgan fingerprint density at radius 2 is 1.96 bits per heavy atom. The third kappa shape index (κ3) is 5.19. The molecule has 0 fully saturated rings. The molecule has 1 amide bonds. The van der Waals surface area contributed by atoms with Crippen LogP contribution in [0.3, 0.4) is 0 Å². The third-order valence-corrected chi connectivity index (χ3v) is 6.24. The molecule has 1 aromatic heterocycles. The Bertz CT molecular complexity index is 1040. The minimum atomic E-state index is -3.72. The van der Waals surface area contributed by atoms with Gasteiger partial charge in [-0.05, 0) is 18.2 Å². The fourth-order valence-corrected chi connectivity index (χ4v) is 3.74. The van der Waals surface area contributed by atoms with Gasteiger partial charge in [-0.2, -0.15) is 5.26 Å². The summed E-state index contributed by atoms with van der Waals surface area (Å²) >= 11 is 1.28. The average molecular weight is 406 g/mol. The monoisotopic (exact) mass is 406 g/mol. The lowest BCUT2D eigenvalue weighted by atomic mass is 10.3. The molecule has 0 bridgehead atoms. The van der Waals surface area contributed by atoms with Crippen LogP contribution in [0.25, 0.3) is 0 Å². The van der Waals surface area contributed by atoms with E-state index in [0.29, 0.717) is 5.69 Å². The van der Waals surface area contributed by atoms with E-state index in [4.69, 9.17) is 5.26 Å².